The van der Waals surface area contributed by atoms with E-state index in [4.69, 9.17) is 11.6 Å². The van der Waals surface area contributed by atoms with Gasteiger partial charge in [0.15, 0.2) is 0 Å². The second-order valence-electron chi connectivity index (χ2n) is 5.83. The van der Waals surface area contributed by atoms with E-state index in [2.05, 4.69) is 4.74 Å². The Hall–Kier alpha value is -2.47. The standard InChI is InChI=1S/C19H18ClF2NO3/c1-12(19(25)26-2)10-23(11-13-6-8-14(21)9-7-13)18(24)17-15(20)4-3-5-16(17)22/h3-9,12H,10-11H2,1-2H3. The molecular weight excluding hydrogens is 364 g/mol. The minimum Gasteiger partial charge on any atom is -0.469 e. The molecule has 0 spiro atoms. The molecule has 1 unspecified atom stereocenters. The smallest absolute Gasteiger partial charge is 0.310 e. The van der Waals surface area contributed by atoms with Crippen LogP contribution in [-0.4, -0.2) is 30.4 Å². The third kappa shape index (κ3) is 4.79. The molecule has 4 nitrogen and oxygen atoms in total. The average Bonchev–Trinajstić information content (AvgIpc) is 2.61. The second-order valence-corrected chi connectivity index (χ2v) is 6.24. The van der Waals surface area contributed by atoms with Crippen molar-refractivity contribution in [2.75, 3.05) is 13.7 Å². The highest BCUT2D eigenvalue weighted by atomic mass is 35.5. The Labute approximate surface area is 155 Å². The number of esters is 1. The molecule has 2 aromatic rings. The summed E-state index contributed by atoms with van der Waals surface area (Å²) >= 11 is 5.99. The summed E-state index contributed by atoms with van der Waals surface area (Å²) in [6, 6.07) is 9.50. The van der Waals surface area contributed by atoms with Crippen LogP contribution in [0.2, 0.25) is 5.02 Å². The number of benzene rings is 2. The molecule has 0 N–H and O–H groups in total. The third-order valence-electron chi connectivity index (χ3n) is 3.85. The van der Waals surface area contributed by atoms with E-state index >= 15 is 0 Å². The van der Waals surface area contributed by atoms with E-state index in [9.17, 15) is 18.4 Å². The van der Waals surface area contributed by atoms with Crippen LogP contribution in [0.4, 0.5) is 8.78 Å². The van der Waals surface area contributed by atoms with Crippen LogP contribution in [0.1, 0.15) is 22.8 Å². The molecular formula is C19H18ClF2NO3. The number of carbonyl (C=O) groups is 2. The topological polar surface area (TPSA) is 46.6 Å². The van der Waals surface area contributed by atoms with Crippen LogP contribution in [0, 0.1) is 17.6 Å². The molecule has 0 saturated heterocycles. The van der Waals surface area contributed by atoms with Crippen molar-refractivity contribution in [1.82, 2.24) is 4.90 Å². The van der Waals surface area contributed by atoms with Gasteiger partial charge in [0.1, 0.15) is 11.6 Å². The molecule has 0 fully saturated rings. The molecule has 2 rings (SSSR count). The Morgan fingerprint density at radius 1 is 1.15 bits per heavy atom. The summed E-state index contributed by atoms with van der Waals surface area (Å²) in [7, 11) is 1.25. The van der Waals surface area contributed by atoms with Crippen LogP contribution in [0.15, 0.2) is 42.5 Å². The Balaban J connectivity index is 2.34. The minimum absolute atomic E-state index is 0.00640. The first kappa shape index (κ1) is 19.8. The Morgan fingerprint density at radius 3 is 2.38 bits per heavy atom. The molecule has 0 bridgehead atoms. The molecule has 0 aromatic heterocycles. The second kappa shape index (κ2) is 8.76. The Bertz CT molecular complexity index is 776. The van der Waals surface area contributed by atoms with Gasteiger partial charge in [-0.3, -0.25) is 9.59 Å². The number of hydrogen-bond donors (Lipinski definition) is 0. The van der Waals surface area contributed by atoms with Crippen molar-refractivity contribution in [2.24, 2.45) is 5.92 Å². The highest BCUT2D eigenvalue weighted by Gasteiger charge is 2.26. The van der Waals surface area contributed by atoms with Gasteiger partial charge < -0.3 is 9.64 Å². The first-order valence-corrected chi connectivity index (χ1v) is 8.26. The fourth-order valence-corrected chi connectivity index (χ4v) is 2.74. The van der Waals surface area contributed by atoms with Gasteiger partial charge in [-0.05, 0) is 29.8 Å². The molecule has 0 aliphatic carbocycles. The summed E-state index contributed by atoms with van der Waals surface area (Å²) in [6.07, 6.45) is 0. The average molecular weight is 382 g/mol. The third-order valence-corrected chi connectivity index (χ3v) is 4.16. The lowest BCUT2D eigenvalue weighted by atomic mass is 10.1. The maximum absolute atomic E-state index is 14.1. The van der Waals surface area contributed by atoms with Crippen LogP contribution in [0.3, 0.4) is 0 Å². The lowest BCUT2D eigenvalue weighted by molar-refractivity contribution is -0.145. The van der Waals surface area contributed by atoms with E-state index < -0.39 is 29.4 Å². The quantitative estimate of drug-likeness (QED) is 0.709. The molecule has 26 heavy (non-hydrogen) atoms. The summed E-state index contributed by atoms with van der Waals surface area (Å²) < 4.78 is 31.9. The fraction of sp³-hybridized carbons (Fsp3) is 0.263. The monoisotopic (exact) mass is 381 g/mol. The molecule has 0 aliphatic heterocycles. The van der Waals surface area contributed by atoms with E-state index in [1.54, 1.807) is 6.92 Å². The highest BCUT2D eigenvalue weighted by molar-refractivity contribution is 6.33. The maximum Gasteiger partial charge on any atom is 0.310 e. The van der Waals surface area contributed by atoms with Gasteiger partial charge in [-0.2, -0.15) is 0 Å². The van der Waals surface area contributed by atoms with Gasteiger partial charge in [-0.15, -0.1) is 0 Å². The first-order valence-electron chi connectivity index (χ1n) is 7.89. The summed E-state index contributed by atoms with van der Waals surface area (Å²) in [5.74, 6) is -2.95. The van der Waals surface area contributed by atoms with E-state index in [0.29, 0.717) is 5.56 Å². The van der Waals surface area contributed by atoms with Gasteiger partial charge >= 0.3 is 5.97 Å². The lowest BCUT2D eigenvalue weighted by Crippen LogP contribution is -2.37. The van der Waals surface area contributed by atoms with E-state index in [0.717, 1.165) is 6.07 Å². The van der Waals surface area contributed by atoms with Gasteiger partial charge in [-0.25, -0.2) is 8.78 Å². The zero-order valence-corrected chi connectivity index (χ0v) is 15.1. The van der Waals surface area contributed by atoms with Crippen LogP contribution in [0.5, 0.6) is 0 Å². The predicted molar refractivity (Wildman–Crippen MR) is 93.7 cm³/mol. The molecule has 1 atom stereocenters. The normalized spacial score (nSPS) is 11.7. The number of rotatable bonds is 6. The molecule has 0 aliphatic rings. The Kier molecular flexibility index (Phi) is 6.69. The molecule has 2 aromatic carbocycles. The largest absolute Gasteiger partial charge is 0.469 e. The molecule has 0 radical (unpaired) electrons. The lowest BCUT2D eigenvalue weighted by Gasteiger charge is -2.26. The van der Waals surface area contributed by atoms with E-state index in [1.807, 2.05) is 0 Å². The fourth-order valence-electron chi connectivity index (χ4n) is 2.50. The number of ether oxygens (including phenoxy) is 1. The van der Waals surface area contributed by atoms with Crippen molar-refractivity contribution in [1.29, 1.82) is 0 Å². The maximum atomic E-state index is 14.1. The van der Waals surface area contributed by atoms with Gasteiger partial charge in [0.05, 0.1) is 23.6 Å². The number of nitrogens with zero attached hydrogens (tertiary/aromatic N) is 1. The molecule has 1 amide bonds. The van der Waals surface area contributed by atoms with Crippen molar-refractivity contribution in [3.8, 4) is 0 Å². The number of amides is 1. The van der Waals surface area contributed by atoms with Crippen molar-refractivity contribution >= 4 is 23.5 Å². The molecule has 7 heteroatoms. The minimum atomic E-state index is -0.752. The summed E-state index contributed by atoms with van der Waals surface area (Å²) in [5, 5.41) is -0.0233. The van der Waals surface area contributed by atoms with E-state index in [-0.39, 0.29) is 23.7 Å². The van der Waals surface area contributed by atoms with E-state index in [1.165, 1.54) is 48.4 Å². The molecule has 0 heterocycles. The number of halogens is 3. The van der Waals surface area contributed by atoms with Crippen LogP contribution in [-0.2, 0) is 16.1 Å². The van der Waals surface area contributed by atoms with Crippen LogP contribution >= 0.6 is 11.6 Å². The van der Waals surface area contributed by atoms with Crippen LogP contribution < -0.4 is 0 Å². The zero-order chi connectivity index (χ0) is 19.3. The summed E-state index contributed by atoms with van der Waals surface area (Å²) in [6.45, 7) is 1.65. The van der Waals surface area contributed by atoms with Crippen molar-refractivity contribution in [3.63, 3.8) is 0 Å². The number of methoxy groups -OCH3 is 1. The van der Waals surface area contributed by atoms with Gasteiger partial charge in [0, 0.05) is 13.1 Å². The Morgan fingerprint density at radius 2 is 1.81 bits per heavy atom. The highest BCUT2D eigenvalue weighted by Crippen LogP contribution is 2.22. The summed E-state index contributed by atoms with van der Waals surface area (Å²) in [4.78, 5) is 25.9. The SMILES string of the molecule is COC(=O)C(C)CN(Cc1ccc(F)cc1)C(=O)c1c(F)cccc1Cl. The summed E-state index contributed by atoms with van der Waals surface area (Å²) in [5.41, 5.74) is 0.359. The van der Waals surface area contributed by atoms with Gasteiger partial charge in [0.25, 0.3) is 5.91 Å². The first-order chi connectivity index (χ1) is 12.3. The van der Waals surface area contributed by atoms with Gasteiger partial charge in [-0.1, -0.05) is 36.7 Å². The zero-order valence-electron chi connectivity index (χ0n) is 14.3. The molecule has 138 valence electrons. The van der Waals surface area contributed by atoms with Crippen LogP contribution in [0.25, 0.3) is 0 Å². The number of hydrogen-bond acceptors (Lipinski definition) is 3. The van der Waals surface area contributed by atoms with Crippen molar-refractivity contribution < 1.29 is 23.1 Å². The van der Waals surface area contributed by atoms with Crippen molar-refractivity contribution in [3.05, 3.63) is 70.2 Å². The molecule has 0 saturated carbocycles. The predicted octanol–water partition coefficient (Wildman–Crippen LogP) is 4.07. The number of carbonyl (C=O) groups excluding carboxylic acids is 2. The van der Waals surface area contributed by atoms with Crippen molar-refractivity contribution in [2.45, 2.75) is 13.5 Å². The van der Waals surface area contributed by atoms with Gasteiger partial charge in [0.2, 0.25) is 0 Å².